The highest BCUT2D eigenvalue weighted by Crippen LogP contribution is 2.67. The van der Waals surface area contributed by atoms with E-state index in [2.05, 4.69) is 51.2 Å². The highest BCUT2D eigenvalue weighted by atomic mass is 16.6. The molecule has 3 aromatic carbocycles. The maximum absolute atomic E-state index is 14.4. The lowest BCUT2D eigenvalue weighted by atomic mass is 9.47. The van der Waals surface area contributed by atoms with E-state index < -0.39 is 23.7 Å². The molecule has 1 N–H and O–H groups in total. The first-order valence-electron chi connectivity index (χ1n) is 26.8. The summed E-state index contributed by atoms with van der Waals surface area (Å²) in [5, 5.41) is 7.24. The average Bonchev–Trinajstić information content (AvgIpc) is 3.96. The Bertz CT molecular complexity index is 2300. The van der Waals surface area contributed by atoms with Crippen LogP contribution in [0.4, 0.5) is 0 Å². The summed E-state index contributed by atoms with van der Waals surface area (Å²) in [6, 6.07) is 25.2. The van der Waals surface area contributed by atoms with Crippen LogP contribution in [0.1, 0.15) is 141 Å². The first-order valence-corrected chi connectivity index (χ1v) is 26.8. The standard InChI is InChI=1S/C60H81N3O8/c1-40(2)13-12-14-41(3)52-27-28-53-51-26-21-45-35-46(31-33-58(45,4)54(51)32-34-59(52,53)5)62-70-39-56(65)63-37-50(71-57(66)30-29-55(64)61-6)36-47(63)38-69-60(42-15-10-9-11-16-42,43-17-22-48(67-7)23-18-43)44-19-24-49(68-8)25-20-44/h9-11,15-25,40-41,47,50-54H,12-14,26-39H2,1-8H3,(H,61,64)/b62-46+/t41-,47+,50-,51+,52-,53+,54+,58+,59-/m1/s1. The fourth-order valence-corrected chi connectivity index (χ4v) is 14.2. The van der Waals surface area contributed by atoms with Gasteiger partial charge in [0.25, 0.3) is 5.91 Å². The van der Waals surface area contributed by atoms with Crippen molar-refractivity contribution in [3.8, 4) is 11.5 Å². The second-order valence-corrected chi connectivity index (χ2v) is 22.4. The van der Waals surface area contributed by atoms with Crippen LogP contribution in [-0.2, 0) is 34.3 Å². The Balaban J connectivity index is 0.975. The lowest BCUT2D eigenvalue weighted by Gasteiger charge is -2.58. The molecule has 4 fully saturated rings. The van der Waals surface area contributed by atoms with Gasteiger partial charge in [-0.05, 0) is 132 Å². The number of carbonyl (C=O) groups excluding carboxylic acids is 3. The van der Waals surface area contributed by atoms with Crippen molar-refractivity contribution in [2.75, 3.05) is 41.0 Å². The fraction of sp³-hybridized carbons (Fsp3) is 0.600. The first-order chi connectivity index (χ1) is 34.2. The van der Waals surface area contributed by atoms with E-state index in [1.165, 1.54) is 57.6 Å². The molecular formula is C60H81N3O8. The fourth-order valence-electron chi connectivity index (χ4n) is 14.2. The molecule has 3 aromatic rings. The lowest BCUT2D eigenvalue weighted by Crippen LogP contribution is -2.50. The molecule has 2 amide bonds. The van der Waals surface area contributed by atoms with E-state index in [1.807, 2.05) is 78.9 Å². The van der Waals surface area contributed by atoms with Crippen molar-refractivity contribution < 1.29 is 38.2 Å². The number of hydrogen-bond donors (Lipinski definition) is 1. The number of likely N-dealkylation sites (tertiary alicyclic amines) is 1. The molecule has 11 heteroatoms. The zero-order valence-corrected chi connectivity index (χ0v) is 43.9. The van der Waals surface area contributed by atoms with Crippen LogP contribution in [0.5, 0.6) is 11.5 Å². The number of nitrogens with one attached hydrogen (secondary N) is 1. The summed E-state index contributed by atoms with van der Waals surface area (Å²) in [7, 11) is 4.82. The van der Waals surface area contributed by atoms with Gasteiger partial charge in [-0.1, -0.05) is 125 Å². The maximum atomic E-state index is 14.4. The van der Waals surface area contributed by atoms with Crippen molar-refractivity contribution in [1.82, 2.24) is 10.2 Å². The van der Waals surface area contributed by atoms with E-state index in [0.717, 1.165) is 77.7 Å². The third-order valence-corrected chi connectivity index (χ3v) is 18.0. The molecule has 0 unspecified atom stereocenters. The van der Waals surface area contributed by atoms with Crippen LogP contribution in [0.3, 0.4) is 0 Å². The van der Waals surface area contributed by atoms with Gasteiger partial charge in [-0.15, -0.1) is 0 Å². The highest BCUT2D eigenvalue weighted by molar-refractivity contribution is 5.88. The van der Waals surface area contributed by atoms with Gasteiger partial charge in [0.15, 0.2) is 6.61 Å². The summed E-state index contributed by atoms with van der Waals surface area (Å²) >= 11 is 0. The van der Waals surface area contributed by atoms with Gasteiger partial charge in [-0.2, -0.15) is 0 Å². The Morgan fingerprint density at radius 3 is 2.15 bits per heavy atom. The summed E-state index contributed by atoms with van der Waals surface area (Å²) in [5.74, 6) is 5.11. The molecular weight excluding hydrogens is 891 g/mol. The molecule has 11 nitrogen and oxygen atoms in total. The van der Waals surface area contributed by atoms with Crippen molar-refractivity contribution in [3.63, 3.8) is 0 Å². The monoisotopic (exact) mass is 972 g/mol. The van der Waals surface area contributed by atoms with E-state index in [4.69, 9.17) is 23.8 Å². The zero-order valence-electron chi connectivity index (χ0n) is 43.9. The van der Waals surface area contributed by atoms with Gasteiger partial charge in [0.2, 0.25) is 5.91 Å². The first kappa shape index (κ1) is 52.2. The Morgan fingerprint density at radius 2 is 1.51 bits per heavy atom. The largest absolute Gasteiger partial charge is 0.497 e. The molecule has 3 saturated carbocycles. The molecule has 1 saturated heterocycles. The van der Waals surface area contributed by atoms with Gasteiger partial charge in [-0.3, -0.25) is 14.4 Å². The van der Waals surface area contributed by atoms with E-state index >= 15 is 0 Å². The van der Waals surface area contributed by atoms with Gasteiger partial charge in [-0.25, -0.2) is 0 Å². The third kappa shape index (κ3) is 11.1. The van der Waals surface area contributed by atoms with Gasteiger partial charge in [0.1, 0.15) is 23.2 Å². The van der Waals surface area contributed by atoms with Crippen LogP contribution < -0.4 is 14.8 Å². The second kappa shape index (κ2) is 22.7. The number of allylic oxidation sites excluding steroid dienone is 2. The molecule has 1 heterocycles. The number of benzene rings is 3. The van der Waals surface area contributed by atoms with Crippen molar-refractivity contribution >= 4 is 23.5 Å². The molecule has 0 aromatic heterocycles. The molecule has 0 spiro atoms. The number of fused-ring (bicyclic) bond motifs is 5. The number of carbonyl (C=O) groups is 3. The summed E-state index contributed by atoms with van der Waals surface area (Å²) in [6.45, 7) is 12.5. The number of nitrogens with zero attached hydrogens (tertiary/aromatic N) is 2. The predicted octanol–water partition coefficient (Wildman–Crippen LogP) is 11.5. The van der Waals surface area contributed by atoms with Crippen LogP contribution in [-0.4, -0.2) is 81.6 Å². The number of ether oxygens (including phenoxy) is 4. The molecule has 0 radical (unpaired) electrons. The molecule has 4 aliphatic carbocycles. The number of rotatable bonds is 20. The Hall–Kier alpha value is -5.16. The number of esters is 1. The number of amides is 2. The third-order valence-electron chi connectivity index (χ3n) is 18.0. The highest BCUT2D eigenvalue weighted by Gasteiger charge is 2.59. The Morgan fingerprint density at radius 1 is 0.831 bits per heavy atom. The van der Waals surface area contributed by atoms with Gasteiger partial charge < -0.3 is 34.0 Å². The van der Waals surface area contributed by atoms with Gasteiger partial charge in [0.05, 0.1) is 45.5 Å². The molecule has 5 aliphatic rings. The summed E-state index contributed by atoms with van der Waals surface area (Å²) in [5.41, 5.74) is 4.62. The smallest absolute Gasteiger partial charge is 0.306 e. The van der Waals surface area contributed by atoms with E-state index in [-0.39, 0.29) is 49.8 Å². The molecule has 71 heavy (non-hydrogen) atoms. The number of oxime groups is 1. The van der Waals surface area contributed by atoms with Crippen molar-refractivity contribution in [1.29, 1.82) is 0 Å². The minimum absolute atomic E-state index is 0.0184. The van der Waals surface area contributed by atoms with Gasteiger partial charge >= 0.3 is 5.97 Å². The van der Waals surface area contributed by atoms with E-state index in [1.54, 1.807) is 19.1 Å². The minimum Gasteiger partial charge on any atom is -0.497 e. The van der Waals surface area contributed by atoms with E-state index in [9.17, 15) is 14.4 Å². The van der Waals surface area contributed by atoms with Gasteiger partial charge in [0, 0.05) is 26.3 Å². The zero-order chi connectivity index (χ0) is 50.3. The molecule has 8 rings (SSSR count). The molecule has 1 aliphatic heterocycles. The molecule has 384 valence electrons. The van der Waals surface area contributed by atoms with Crippen LogP contribution >= 0.6 is 0 Å². The van der Waals surface area contributed by atoms with Crippen molar-refractivity contribution in [3.05, 3.63) is 107 Å². The van der Waals surface area contributed by atoms with Crippen LogP contribution in [0.15, 0.2) is 95.7 Å². The summed E-state index contributed by atoms with van der Waals surface area (Å²) < 4.78 is 24.3. The maximum Gasteiger partial charge on any atom is 0.306 e. The van der Waals surface area contributed by atoms with Crippen LogP contribution in [0, 0.1) is 46.3 Å². The van der Waals surface area contributed by atoms with Crippen molar-refractivity contribution in [2.24, 2.45) is 51.5 Å². The number of methoxy groups -OCH3 is 2. The van der Waals surface area contributed by atoms with Crippen molar-refractivity contribution in [2.45, 2.75) is 142 Å². The number of hydrogen-bond acceptors (Lipinski definition) is 9. The Kier molecular flexibility index (Phi) is 16.7. The summed E-state index contributed by atoms with van der Waals surface area (Å²) in [6.07, 6.45) is 15.6. The quantitative estimate of drug-likeness (QED) is 0.0514. The average molecular weight is 972 g/mol. The molecule has 9 atom stereocenters. The van der Waals surface area contributed by atoms with E-state index in [0.29, 0.717) is 29.3 Å². The Labute approximate surface area is 423 Å². The SMILES string of the molecule is CNC(=O)CCC(=O)O[C@@H]1C[C@@H](COC(c2ccccc2)(c2ccc(OC)cc2)c2ccc(OC)cc2)N(C(=O)CO/N=C2\CC[C@@]3(C)C(=CC[C@H]4[C@@H]5CC[C@H]([C@H](C)CCCC(C)C)[C@@]5(C)CC[C@@H]43)C2)C1. The predicted molar refractivity (Wildman–Crippen MR) is 278 cm³/mol. The minimum atomic E-state index is -1.12. The topological polar surface area (TPSA) is 125 Å². The lowest BCUT2D eigenvalue weighted by molar-refractivity contribution is -0.150. The van der Waals surface area contributed by atoms with Crippen LogP contribution in [0.2, 0.25) is 0 Å². The summed E-state index contributed by atoms with van der Waals surface area (Å²) in [4.78, 5) is 47.2. The second-order valence-electron chi connectivity index (χ2n) is 22.4. The van der Waals surface area contributed by atoms with Crippen LogP contribution in [0.25, 0.3) is 0 Å². The normalized spacial score (nSPS) is 28.0. The molecule has 0 bridgehead atoms.